The molecule has 110 valence electrons. The zero-order valence-corrected chi connectivity index (χ0v) is 11.7. The maximum Gasteiger partial charge on any atom is 0.194 e. The predicted molar refractivity (Wildman–Crippen MR) is 79.9 cm³/mol. The zero-order valence-electron chi connectivity index (χ0n) is 11.7. The monoisotopic (exact) mass is 286 g/mol. The fourth-order valence-electron chi connectivity index (χ4n) is 2.51. The van der Waals surface area contributed by atoms with Gasteiger partial charge in [0.05, 0.1) is 5.69 Å². The van der Waals surface area contributed by atoms with E-state index in [2.05, 4.69) is 20.3 Å². The van der Waals surface area contributed by atoms with Gasteiger partial charge in [-0.3, -0.25) is 0 Å². The summed E-state index contributed by atoms with van der Waals surface area (Å²) in [6, 6.07) is 9.60. The van der Waals surface area contributed by atoms with E-state index in [0.29, 0.717) is 11.5 Å². The summed E-state index contributed by atoms with van der Waals surface area (Å²) in [6.07, 6.45) is 3.46. The molecule has 0 aliphatic carbocycles. The largest absolute Gasteiger partial charge is 0.409 e. The molecule has 0 atom stereocenters. The number of hydrogen-bond acceptors (Lipinski definition) is 5. The van der Waals surface area contributed by atoms with Gasteiger partial charge in [-0.15, -0.1) is 15.0 Å². The van der Waals surface area contributed by atoms with E-state index in [1.807, 2.05) is 30.3 Å². The minimum Gasteiger partial charge on any atom is -0.409 e. The SMILES string of the molecule is NC(=NO)c1nn(-c2ccccc2)nc1N1CCCCC1. The molecular weight excluding hydrogens is 268 g/mol. The number of nitrogens with two attached hydrogens (primary N) is 1. The summed E-state index contributed by atoms with van der Waals surface area (Å²) in [5.74, 6) is 0.659. The summed E-state index contributed by atoms with van der Waals surface area (Å²) in [4.78, 5) is 3.67. The quantitative estimate of drug-likeness (QED) is 0.384. The first-order valence-corrected chi connectivity index (χ1v) is 7.05. The number of rotatable bonds is 3. The second kappa shape index (κ2) is 5.82. The van der Waals surface area contributed by atoms with Gasteiger partial charge in [0.25, 0.3) is 0 Å². The predicted octanol–water partition coefficient (Wildman–Crippen LogP) is 1.35. The van der Waals surface area contributed by atoms with E-state index < -0.39 is 0 Å². The Labute approximate surface area is 122 Å². The highest BCUT2D eigenvalue weighted by Crippen LogP contribution is 2.22. The van der Waals surface area contributed by atoms with Gasteiger partial charge < -0.3 is 15.8 Å². The Kier molecular flexibility index (Phi) is 3.72. The molecule has 1 saturated heterocycles. The average Bonchev–Trinajstić information content (AvgIpc) is 3.01. The van der Waals surface area contributed by atoms with Crippen LogP contribution in [0.15, 0.2) is 35.5 Å². The van der Waals surface area contributed by atoms with Crippen molar-refractivity contribution >= 4 is 11.7 Å². The molecule has 2 aromatic rings. The third-order valence-electron chi connectivity index (χ3n) is 3.59. The van der Waals surface area contributed by atoms with Crippen molar-refractivity contribution in [2.75, 3.05) is 18.0 Å². The van der Waals surface area contributed by atoms with Crippen molar-refractivity contribution in [3.8, 4) is 5.69 Å². The number of benzene rings is 1. The van der Waals surface area contributed by atoms with E-state index in [0.717, 1.165) is 31.6 Å². The average molecular weight is 286 g/mol. The third kappa shape index (κ3) is 2.67. The van der Waals surface area contributed by atoms with Crippen LogP contribution < -0.4 is 10.6 Å². The second-order valence-electron chi connectivity index (χ2n) is 5.03. The molecule has 21 heavy (non-hydrogen) atoms. The first-order valence-electron chi connectivity index (χ1n) is 7.05. The lowest BCUT2D eigenvalue weighted by molar-refractivity contribution is 0.318. The van der Waals surface area contributed by atoms with Crippen LogP contribution in [0.3, 0.4) is 0 Å². The molecule has 3 N–H and O–H groups in total. The Balaban J connectivity index is 2.03. The Bertz CT molecular complexity index is 630. The molecule has 1 aromatic heterocycles. The molecule has 3 rings (SSSR count). The lowest BCUT2D eigenvalue weighted by Gasteiger charge is -2.26. The minimum atomic E-state index is -0.0160. The van der Waals surface area contributed by atoms with Crippen molar-refractivity contribution in [3.63, 3.8) is 0 Å². The highest BCUT2D eigenvalue weighted by atomic mass is 16.4. The van der Waals surface area contributed by atoms with Crippen LogP contribution >= 0.6 is 0 Å². The molecule has 0 radical (unpaired) electrons. The summed E-state index contributed by atoms with van der Waals surface area (Å²) in [7, 11) is 0. The van der Waals surface area contributed by atoms with Crippen molar-refractivity contribution in [1.29, 1.82) is 0 Å². The van der Waals surface area contributed by atoms with Gasteiger partial charge in [-0.25, -0.2) is 0 Å². The summed E-state index contributed by atoms with van der Waals surface area (Å²) in [6.45, 7) is 1.83. The number of para-hydroxylation sites is 1. The van der Waals surface area contributed by atoms with Gasteiger partial charge in [0.15, 0.2) is 17.3 Å². The van der Waals surface area contributed by atoms with Crippen LogP contribution in [0.5, 0.6) is 0 Å². The molecular formula is C14H18N6O. The van der Waals surface area contributed by atoms with Crippen LogP contribution in [0.2, 0.25) is 0 Å². The lowest BCUT2D eigenvalue weighted by Crippen LogP contribution is -2.32. The van der Waals surface area contributed by atoms with E-state index in [1.54, 1.807) is 0 Å². The van der Waals surface area contributed by atoms with Crippen LogP contribution in [0.25, 0.3) is 5.69 Å². The van der Waals surface area contributed by atoms with Crippen LogP contribution in [-0.2, 0) is 0 Å². The van der Waals surface area contributed by atoms with E-state index in [-0.39, 0.29) is 5.84 Å². The van der Waals surface area contributed by atoms with Crippen molar-refractivity contribution < 1.29 is 5.21 Å². The van der Waals surface area contributed by atoms with E-state index in [1.165, 1.54) is 11.2 Å². The normalized spacial score (nSPS) is 16.2. The number of piperidine rings is 1. The molecule has 0 amide bonds. The molecule has 7 nitrogen and oxygen atoms in total. The Morgan fingerprint density at radius 1 is 1.10 bits per heavy atom. The van der Waals surface area contributed by atoms with Crippen molar-refractivity contribution in [1.82, 2.24) is 15.0 Å². The molecule has 1 aromatic carbocycles. The van der Waals surface area contributed by atoms with Gasteiger partial charge in [0.1, 0.15) is 0 Å². The number of nitrogens with zero attached hydrogens (tertiary/aromatic N) is 5. The van der Waals surface area contributed by atoms with Gasteiger partial charge in [-0.05, 0) is 31.4 Å². The standard InChI is InChI=1S/C14H18N6O/c15-13(18-21)12-14(19-9-5-2-6-10-19)17-20(16-12)11-7-3-1-4-8-11/h1,3-4,7-8,21H,2,5-6,9-10H2,(H2,15,18). The number of aromatic nitrogens is 3. The maximum atomic E-state index is 8.96. The third-order valence-corrected chi connectivity index (χ3v) is 3.59. The fourth-order valence-corrected chi connectivity index (χ4v) is 2.51. The fraction of sp³-hybridized carbons (Fsp3) is 0.357. The molecule has 1 fully saturated rings. The van der Waals surface area contributed by atoms with E-state index in [9.17, 15) is 0 Å². The molecule has 0 saturated carbocycles. The molecule has 0 spiro atoms. The van der Waals surface area contributed by atoms with Crippen LogP contribution in [-0.4, -0.2) is 39.1 Å². The second-order valence-corrected chi connectivity index (χ2v) is 5.03. The molecule has 1 aliphatic heterocycles. The van der Waals surface area contributed by atoms with Gasteiger partial charge in [-0.2, -0.15) is 0 Å². The van der Waals surface area contributed by atoms with E-state index >= 15 is 0 Å². The van der Waals surface area contributed by atoms with Gasteiger partial charge in [0, 0.05) is 13.1 Å². The van der Waals surface area contributed by atoms with Crippen molar-refractivity contribution in [2.45, 2.75) is 19.3 Å². The topological polar surface area (TPSA) is 92.6 Å². The van der Waals surface area contributed by atoms with Crippen LogP contribution in [0, 0.1) is 0 Å². The summed E-state index contributed by atoms with van der Waals surface area (Å²) in [5.41, 5.74) is 7.01. The smallest absolute Gasteiger partial charge is 0.194 e. The minimum absolute atomic E-state index is 0.0160. The number of anilines is 1. The first kappa shape index (κ1) is 13.4. The highest BCUT2D eigenvalue weighted by Gasteiger charge is 2.22. The summed E-state index contributed by atoms with van der Waals surface area (Å²) in [5, 5.41) is 20.9. The summed E-state index contributed by atoms with van der Waals surface area (Å²) < 4.78 is 0. The molecule has 1 aliphatic rings. The van der Waals surface area contributed by atoms with Gasteiger partial charge >= 0.3 is 0 Å². The number of hydrogen-bond donors (Lipinski definition) is 2. The zero-order chi connectivity index (χ0) is 14.7. The van der Waals surface area contributed by atoms with Crippen molar-refractivity contribution in [2.24, 2.45) is 10.9 Å². The Morgan fingerprint density at radius 3 is 2.48 bits per heavy atom. The molecule has 2 heterocycles. The summed E-state index contributed by atoms with van der Waals surface area (Å²) >= 11 is 0. The Morgan fingerprint density at radius 2 is 1.81 bits per heavy atom. The Hall–Kier alpha value is -2.57. The van der Waals surface area contributed by atoms with Crippen LogP contribution in [0.1, 0.15) is 25.0 Å². The van der Waals surface area contributed by atoms with Gasteiger partial charge in [-0.1, -0.05) is 23.4 Å². The highest BCUT2D eigenvalue weighted by molar-refractivity contribution is 5.99. The first-order chi connectivity index (χ1) is 10.3. The molecule has 7 heteroatoms. The lowest BCUT2D eigenvalue weighted by atomic mass is 10.1. The molecule has 0 bridgehead atoms. The van der Waals surface area contributed by atoms with Crippen LogP contribution in [0.4, 0.5) is 5.82 Å². The number of amidine groups is 1. The van der Waals surface area contributed by atoms with Crippen molar-refractivity contribution in [3.05, 3.63) is 36.0 Å². The van der Waals surface area contributed by atoms with Gasteiger partial charge in [0.2, 0.25) is 0 Å². The number of oxime groups is 1. The molecule has 0 unspecified atom stereocenters. The maximum absolute atomic E-state index is 8.96. The van der Waals surface area contributed by atoms with E-state index in [4.69, 9.17) is 10.9 Å².